The Kier molecular flexibility index (Phi) is 2.87. The number of carboxylic acids is 1. The lowest BCUT2D eigenvalue weighted by Crippen LogP contribution is -1.95. The summed E-state index contributed by atoms with van der Waals surface area (Å²) in [6.45, 7) is 1.89. The van der Waals surface area contributed by atoms with E-state index in [1.807, 2.05) is 12.3 Å². The molecule has 0 bridgehead atoms. The molecule has 0 amide bonds. The van der Waals surface area contributed by atoms with Gasteiger partial charge in [0.25, 0.3) is 5.19 Å². The molecule has 82 valence electrons. The minimum absolute atomic E-state index is 0.239. The van der Waals surface area contributed by atoms with E-state index in [9.17, 15) is 4.79 Å². The van der Waals surface area contributed by atoms with E-state index in [4.69, 9.17) is 9.84 Å². The predicted octanol–water partition coefficient (Wildman–Crippen LogP) is 2.94. The van der Waals surface area contributed by atoms with Crippen LogP contribution >= 0.6 is 11.3 Å². The molecule has 0 saturated heterocycles. The van der Waals surface area contributed by atoms with Crippen molar-refractivity contribution >= 4 is 17.3 Å². The van der Waals surface area contributed by atoms with Crippen LogP contribution in [0.15, 0.2) is 29.6 Å². The zero-order valence-corrected chi connectivity index (χ0v) is 9.32. The van der Waals surface area contributed by atoms with Crippen molar-refractivity contribution in [1.82, 2.24) is 4.98 Å². The van der Waals surface area contributed by atoms with Crippen LogP contribution in [0, 0.1) is 6.92 Å². The Hall–Kier alpha value is -1.88. The second kappa shape index (κ2) is 4.32. The van der Waals surface area contributed by atoms with Gasteiger partial charge in [-0.05, 0) is 31.2 Å². The molecule has 1 N–H and O–H groups in total. The number of nitrogens with zero attached hydrogens (tertiary/aromatic N) is 1. The van der Waals surface area contributed by atoms with E-state index in [0.717, 1.165) is 5.69 Å². The van der Waals surface area contributed by atoms with Gasteiger partial charge in [0.1, 0.15) is 5.75 Å². The number of carboxylic acid groups (broad SMARTS) is 1. The van der Waals surface area contributed by atoms with Gasteiger partial charge in [-0.1, -0.05) is 11.3 Å². The van der Waals surface area contributed by atoms with Crippen molar-refractivity contribution in [3.05, 3.63) is 40.9 Å². The normalized spacial score (nSPS) is 10.1. The van der Waals surface area contributed by atoms with Crippen molar-refractivity contribution in [1.29, 1.82) is 0 Å². The number of thiazole rings is 1. The maximum atomic E-state index is 10.6. The van der Waals surface area contributed by atoms with Gasteiger partial charge >= 0.3 is 5.97 Å². The summed E-state index contributed by atoms with van der Waals surface area (Å²) in [5.41, 5.74) is 1.14. The van der Waals surface area contributed by atoms with Gasteiger partial charge < -0.3 is 9.84 Å². The van der Waals surface area contributed by atoms with Crippen LogP contribution in [0.3, 0.4) is 0 Å². The highest BCUT2D eigenvalue weighted by Gasteiger charge is 2.04. The zero-order chi connectivity index (χ0) is 11.5. The lowest BCUT2D eigenvalue weighted by molar-refractivity contribution is 0.0697. The zero-order valence-electron chi connectivity index (χ0n) is 8.51. The lowest BCUT2D eigenvalue weighted by Gasteiger charge is -2.01. The molecular weight excluding hydrogens is 226 g/mol. The molecule has 16 heavy (non-hydrogen) atoms. The van der Waals surface area contributed by atoms with E-state index in [2.05, 4.69) is 4.98 Å². The third-order valence-corrected chi connectivity index (χ3v) is 2.74. The molecule has 2 rings (SSSR count). The van der Waals surface area contributed by atoms with Gasteiger partial charge in [-0.3, -0.25) is 0 Å². The molecule has 1 heterocycles. The monoisotopic (exact) mass is 235 g/mol. The van der Waals surface area contributed by atoms with Crippen LogP contribution in [0.2, 0.25) is 0 Å². The molecule has 0 aliphatic heterocycles. The smallest absolute Gasteiger partial charge is 0.335 e. The Morgan fingerprint density at radius 1 is 1.38 bits per heavy atom. The molecule has 0 unspecified atom stereocenters. The topological polar surface area (TPSA) is 59.4 Å². The average molecular weight is 235 g/mol. The van der Waals surface area contributed by atoms with Gasteiger partial charge in [-0.2, -0.15) is 0 Å². The summed E-state index contributed by atoms with van der Waals surface area (Å²) >= 11 is 1.41. The summed E-state index contributed by atoms with van der Waals surface area (Å²) in [5.74, 6) is -0.365. The lowest BCUT2D eigenvalue weighted by atomic mass is 10.2. The molecule has 5 heteroatoms. The third-order valence-electron chi connectivity index (χ3n) is 1.90. The summed E-state index contributed by atoms with van der Waals surface area (Å²) in [6.07, 6.45) is 0. The summed E-state index contributed by atoms with van der Waals surface area (Å²) in [7, 11) is 0. The Morgan fingerprint density at radius 2 is 2.06 bits per heavy atom. The first-order valence-electron chi connectivity index (χ1n) is 4.58. The molecule has 0 saturated carbocycles. The molecular formula is C11H9NO3S. The first-order chi connectivity index (χ1) is 7.65. The van der Waals surface area contributed by atoms with Crippen molar-refractivity contribution < 1.29 is 14.6 Å². The number of ether oxygens (including phenoxy) is 1. The second-order valence-electron chi connectivity index (χ2n) is 3.19. The van der Waals surface area contributed by atoms with Gasteiger partial charge in [0.15, 0.2) is 0 Å². The standard InChI is InChI=1S/C11H9NO3S/c1-7-6-16-11(12-7)15-9-4-2-8(3-5-9)10(13)14/h2-6H,1H3,(H,13,14). The Balaban J connectivity index is 2.14. The summed E-state index contributed by atoms with van der Waals surface area (Å²) in [6, 6.07) is 6.22. The molecule has 0 aliphatic carbocycles. The highest BCUT2D eigenvalue weighted by atomic mass is 32.1. The number of rotatable bonds is 3. The number of carbonyl (C=O) groups is 1. The number of aryl methyl sites for hydroxylation is 1. The van der Waals surface area contributed by atoms with E-state index in [1.54, 1.807) is 12.1 Å². The van der Waals surface area contributed by atoms with Crippen LogP contribution in [0.5, 0.6) is 10.9 Å². The van der Waals surface area contributed by atoms with Crippen molar-refractivity contribution in [2.75, 3.05) is 0 Å². The van der Waals surface area contributed by atoms with Crippen LogP contribution in [-0.4, -0.2) is 16.1 Å². The fourth-order valence-corrected chi connectivity index (χ4v) is 1.81. The highest BCUT2D eigenvalue weighted by Crippen LogP contribution is 2.24. The first-order valence-corrected chi connectivity index (χ1v) is 5.46. The Morgan fingerprint density at radius 3 is 2.56 bits per heavy atom. The molecule has 4 nitrogen and oxygen atoms in total. The van der Waals surface area contributed by atoms with Crippen molar-refractivity contribution in [2.45, 2.75) is 6.92 Å². The number of hydrogen-bond acceptors (Lipinski definition) is 4. The van der Waals surface area contributed by atoms with E-state index >= 15 is 0 Å². The third kappa shape index (κ3) is 2.38. The fraction of sp³-hybridized carbons (Fsp3) is 0.0909. The second-order valence-corrected chi connectivity index (χ2v) is 4.01. The Labute approximate surface area is 96.1 Å². The van der Waals surface area contributed by atoms with E-state index in [-0.39, 0.29) is 5.56 Å². The SMILES string of the molecule is Cc1csc(Oc2ccc(C(=O)O)cc2)n1. The van der Waals surface area contributed by atoms with E-state index < -0.39 is 5.97 Å². The number of hydrogen-bond donors (Lipinski definition) is 1. The number of benzene rings is 1. The van der Waals surface area contributed by atoms with Crippen LogP contribution in [0.4, 0.5) is 0 Å². The summed E-state index contributed by atoms with van der Waals surface area (Å²) < 4.78 is 5.45. The van der Waals surface area contributed by atoms with Gasteiger partial charge in [0.2, 0.25) is 0 Å². The maximum Gasteiger partial charge on any atom is 0.335 e. The summed E-state index contributed by atoms with van der Waals surface area (Å²) in [5, 5.41) is 11.2. The molecule has 0 atom stereocenters. The summed E-state index contributed by atoms with van der Waals surface area (Å²) in [4.78, 5) is 14.8. The quantitative estimate of drug-likeness (QED) is 0.888. The van der Waals surface area contributed by atoms with Crippen molar-refractivity contribution in [3.63, 3.8) is 0 Å². The van der Waals surface area contributed by atoms with Gasteiger partial charge in [0, 0.05) is 5.38 Å². The van der Waals surface area contributed by atoms with Gasteiger partial charge in [-0.25, -0.2) is 9.78 Å². The predicted molar refractivity (Wildman–Crippen MR) is 60.3 cm³/mol. The van der Waals surface area contributed by atoms with Crippen molar-refractivity contribution in [3.8, 4) is 10.9 Å². The molecule has 0 fully saturated rings. The fourth-order valence-electron chi connectivity index (χ4n) is 1.15. The molecule has 1 aromatic heterocycles. The van der Waals surface area contributed by atoms with E-state index in [1.165, 1.54) is 23.5 Å². The van der Waals surface area contributed by atoms with Crippen LogP contribution in [0.25, 0.3) is 0 Å². The molecule has 0 spiro atoms. The maximum absolute atomic E-state index is 10.6. The van der Waals surface area contributed by atoms with Crippen LogP contribution in [0.1, 0.15) is 16.1 Å². The molecule has 2 aromatic rings. The minimum Gasteiger partial charge on any atom is -0.478 e. The van der Waals surface area contributed by atoms with Gasteiger partial charge in [-0.15, -0.1) is 0 Å². The minimum atomic E-state index is -0.948. The number of aromatic nitrogens is 1. The average Bonchev–Trinajstić information content (AvgIpc) is 2.65. The molecule has 0 radical (unpaired) electrons. The van der Waals surface area contributed by atoms with E-state index in [0.29, 0.717) is 10.9 Å². The van der Waals surface area contributed by atoms with Crippen LogP contribution in [-0.2, 0) is 0 Å². The Bertz CT molecular complexity index is 504. The number of aromatic carboxylic acids is 1. The highest BCUT2D eigenvalue weighted by molar-refractivity contribution is 7.11. The molecule has 0 aliphatic rings. The first kappa shape index (κ1) is 10.6. The largest absolute Gasteiger partial charge is 0.478 e. The van der Waals surface area contributed by atoms with Crippen LogP contribution < -0.4 is 4.74 Å². The van der Waals surface area contributed by atoms with Crippen molar-refractivity contribution in [2.24, 2.45) is 0 Å². The van der Waals surface area contributed by atoms with Gasteiger partial charge in [0.05, 0.1) is 11.3 Å². The molecule has 1 aromatic carbocycles.